The largest absolute Gasteiger partial charge is 0.462 e. The number of Topliss-reactive ketones (excluding diaryl/α,β-unsaturated/α-hetero) is 1. The summed E-state index contributed by atoms with van der Waals surface area (Å²) in [5, 5.41) is 3.34. The predicted octanol–water partition coefficient (Wildman–Crippen LogP) is 6.94. The van der Waals surface area contributed by atoms with Crippen molar-refractivity contribution in [1.29, 1.82) is 0 Å². The van der Waals surface area contributed by atoms with Crippen molar-refractivity contribution in [2.24, 2.45) is 57.2 Å². The van der Waals surface area contributed by atoms with E-state index >= 15 is 0 Å². The van der Waals surface area contributed by atoms with E-state index in [-0.39, 0.29) is 64.0 Å². The van der Waals surface area contributed by atoms with Crippen LogP contribution in [0.3, 0.4) is 0 Å². The molecule has 6 rings (SSSR count). The van der Waals surface area contributed by atoms with Crippen LogP contribution in [0.4, 0.5) is 4.79 Å². The number of carbonyl (C=O) groups excluding carboxylic acids is 4. The average Bonchev–Trinajstić information content (AvgIpc) is 3.49. The monoisotopic (exact) mass is 640 g/mol. The van der Waals surface area contributed by atoms with E-state index in [0.29, 0.717) is 42.9 Å². The van der Waals surface area contributed by atoms with Crippen molar-refractivity contribution in [2.45, 2.75) is 138 Å². The van der Waals surface area contributed by atoms with Gasteiger partial charge in [-0.25, -0.2) is 4.79 Å². The van der Waals surface area contributed by atoms with Crippen LogP contribution >= 0.6 is 0 Å². The highest BCUT2D eigenvalue weighted by Gasteiger charge is 2.72. The third-order valence-corrected chi connectivity index (χ3v) is 15.4. The number of nitrogens with one attached hydrogen (secondary N) is 1. The Morgan fingerprint density at radius 1 is 0.935 bits per heavy atom. The highest BCUT2D eigenvalue weighted by atomic mass is 16.6. The Kier molecular flexibility index (Phi) is 8.44. The second kappa shape index (κ2) is 11.5. The zero-order valence-electron chi connectivity index (χ0n) is 29.8. The molecule has 10 atom stereocenters. The number of nitrogens with zero attached hydrogens (tertiary/aromatic N) is 1. The minimum atomic E-state index is -0.578. The van der Waals surface area contributed by atoms with Crippen molar-refractivity contribution in [2.75, 3.05) is 19.7 Å². The lowest BCUT2D eigenvalue weighted by Crippen LogP contribution is -2.69. The molecule has 1 N–H and O–H groups in total. The summed E-state index contributed by atoms with van der Waals surface area (Å²) in [6.45, 7) is 19.6. The van der Waals surface area contributed by atoms with Gasteiger partial charge >= 0.3 is 12.1 Å². The fourth-order valence-electron chi connectivity index (χ4n) is 13.3. The molecule has 0 bridgehead atoms. The first-order chi connectivity index (χ1) is 21.5. The molecule has 46 heavy (non-hydrogen) atoms. The van der Waals surface area contributed by atoms with Crippen molar-refractivity contribution < 1.29 is 28.7 Å². The fraction of sp³-hybridized carbons (Fsp3) is 0.895. The predicted molar refractivity (Wildman–Crippen MR) is 176 cm³/mol. The van der Waals surface area contributed by atoms with Gasteiger partial charge in [0.05, 0.1) is 12.1 Å². The number of hydrogen-bond donors (Lipinski definition) is 1. The quantitative estimate of drug-likeness (QED) is 0.316. The van der Waals surface area contributed by atoms with Crippen molar-refractivity contribution in [3.8, 4) is 0 Å². The van der Waals surface area contributed by atoms with Crippen LogP contribution in [0.5, 0.6) is 0 Å². The number of fused-ring (bicyclic) bond motifs is 7. The second-order valence-electron chi connectivity index (χ2n) is 18.0. The number of alkyl carbamates (subject to hydrolysis) is 1. The van der Waals surface area contributed by atoms with E-state index in [1.54, 1.807) is 4.90 Å². The molecule has 6 fully saturated rings. The summed E-state index contributed by atoms with van der Waals surface area (Å²) < 4.78 is 11.6. The lowest BCUT2D eigenvalue weighted by molar-refractivity contribution is -0.246. The number of ketones is 1. The smallest absolute Gasteiger partial charge is 0.407 e. The van der Waals surface area contributed by atoms with Crippen LogP contribution in [-0.2, 0) is 23.9 Å². The van der Waals surface area contributed by atoms with Gasteiger partial charge in [0.15, 0.2) is 0 Å². The number of carbonyl (C=O) groups is 4. The van der Waals surface area contributed by atoms with E-state index in [2.05, 4.69) is 53.8 Å². The minimum Gasteiger partial charge on any atom is -0.462 e. The van der Waals surface area contributed by atoms with E-state index in [4.69, 9.17) is 9.47 Å². The van der Waals surface area contributed by atoms with Crippen molar-refractivity contribution >= 4 is 23.8 Å². The third-order valence-electron chi connectivity index (χ3n) is 15.4. The van der Waals surface area contributed by atoms with Crippen LogP contribution in [0.15, 0.2) is 0 Å². The molecule has 8 heteroatoms. The molecule has 0 radical (unpaired) electrons. The average molecular weight is 641 g/mol. The topological polar surface area (TPSA) is 102 Å². The molecular weight excluding hydrogens is 580 g/mol. The zero-order chi connectivity index (χ0) is 33.4. The standard InChI is InChI=1S/C38H60N2O6/c1-23(2)31-26(42)22-38(39-33(44)45-21-20-40-19-9-10-30(40)43)18-17-36(7)25(32(31)38)11-12-28-35(6)15-14-29(46-24(3)41)34(4,5)27(35)13-16-37(28,36)8/h23,25,27-29,31-32H,9-22H2,1-8H3,(H,39,44)/t25?,27?,28?,29-,31?,32?,35-,36+,37?,38+/m0/s1. The minimum absolute atomic E-state index is 0.0346. The maximum absolute atomic E-state index is 13.9. The maximum Gasteiger partial charge on any atom is 0.407 e. The first-order valence-corrected chi connectivity index (χ1v) is 18.4. The number of likely N-dealkylation sites (tertiary alicyclic amines) is 1. The molecule has 0 aromatic carbocycles. The number of ether oxygens (including phenoxy) is 2. The molecule has 1 saturated heterocycles. The molecule has 6 aliphatic rings. The van der Waals surface area contributed by atoms with Gasteiger partial charge in [-0.2, -0.15) is 0 Å². The molecule has 5 aliphatic carbocycles. The van der Waals surface area contributed by atoms with Gasteiger partial charge in [0.25, 0.3) is 0 Å². The summed E-state index contributed by atoms with van der Waals surface area (Å²) in [6.07, 6.45) is 9.60. The Balaban J connectivity index is 1.26. The van der Waals surface area contributed by atoms with Gasteiger partial charge in [-0.05, 0) is 104 Å². The lowest BCUT2D eigenvalue weighted by atomic mass is 9.32. The molecule has 258 valence electrons. The maximum atomic E-state index is 13.9. The Labute approximate surface area is 276 Å². The second-order valence-corrected chi connectivity index (χ2v) is 18.0. The third kappa shape index (κ3) is 4.95. The van der Waals surface area contributed by atoms with Crippen molar-refractivity contribution in [3.63, 3.8) is 0 Å². The number of rotatable bonds is 6. The Morgan fingerprint density at radius 3 is 2.33 bits per heavy atom. The van der Waals surface area contributed by atoms with Crippen molar-refractivity contribution in [3.05, 3.63) is 0 Å². The Hall–Kier alpha value is -2.12. The summed E-state index contributed by atoms with van der Waals surface area (Å²) in [5.74, 6) is 1.86. The number of amides is 2. The Morgan fingerprint density at radius 2 is 1.67 bits per heavy atom. The van der Waals surface area contributed by atoms with Gasteiger partial charge in [0.2, 0.25) is 5.91 Å². The fourth-order valence-corrected chi connectivity index (χ4v) is 13.3. The first-order valence-electron chi connectivity index (χ1n) is 18.4. The summed E-state index contributed by atoms with van der Waals surface area (Å²) in [5.41, 5.74) is -0.322. The molecule has 1 heterocycles. The highest BCUT2D eigenvalue weighted by molar-refractivity contribution is 5.87. The van der Waals surface area contributed by atoms with Crippen molar-refractivity contribution in [1.82, 2.24) is 10.2 Å². The van der Waals surface area contributed by atoms with Gasteiger partial charge < -0.3 is 19.7 Å². The van der Waals surface area contributed by atoms with Gasteiger partial charge in [-0.3, -0.25) is 14.4 Å². The van der Waals surface area contributed by atoms with Crippen LogP contribution < -0.4 is 5.32 Å². The van der Waals surface area contributed by atoms with Crippen LogP contribution in [0.1, 0.15) is 126 Å². The van der Waals surface area contributed by atoms with Crippen LogP contribution in [0.2, 0.25) is 0 Å². The van der Waals surface area contributed by atoms with E-state index in [1.165, 1.54) is 6.92 Å². The summed E-state index contributed by atoms with van der Waals surface area (Å²) in [4.78, 5) is 53.1. The molecule has 0 aromatic rings. The van der Waals surface area contributed by atoms with E-state index in [1.807, 2.05) is 0 Å². The SMILES string of the molecule is CC(=O)O[C@H]1CC[C@@]2(C)C(CCC3(C)C2CCC2C4C(C(C)C)C(=O)C[C@]4(NC(=O)OCCN4CCCC4=O)CC[C@]23C)C1(C)C. The van der Waals surface area contributed by atoms with E-state index in [9.17, 15) is 19.2 Å². The molecule has 0 aromatic heterocycles. The van der Waals surface area contributed by atoms with E-state index in [0.717, 1.165) is 64.3 Å². The summed E-state index contributed by atoms with van der Waals surface area (Å²) in [7, 11) is 0. The molecule has 8 nitrogen and oxygen atoms in total. The van der Waals surface area contributed by atoms with Crippen LogP contribution in [-0.4, -0.2) is 60.0 Å². The first kappa shape index (κ1) is 33.8. The van der Waals surface area contributed by atoms with Crippen LogP contribution in [0.25, 0.3) is 0 Å². The highest BCUT2D eigenvalue weighted by Crippen LogP contribution is 2.76. The van der Waals surface area contributed by atoms with Gasteiger partial charge in [-0.15, -0.1) is 0 Å². The number of esters is 1. The lowest BCUT2D eigenvalue weighted by Gasteiger charge is -2.73. The number of hydrogen-bond acceptors (Lipinski definition) is 6. The van der Waals surface area contributed by atoms with Gasteiger partial charge in [0, 0.05) is 37.6 Å². The molecule has 2 amide bonds. The summed E-state index contributed by atoms with van der Waals surface area (Å²) >= 11 is 0. The Bertz CT molecular complexity index is 1260. The molecule has 5 saturated carbocycles. The molecule has 1 aliphatic heterocycles. The summed E-state index contributed by atoms with van der Waals surface area (Å²) in [6, 6.07) is 0. The van der Waals surface area contributed by atoms with Gasteiger partial charge in [0.1, 0.15) is 18.5 Å². The normalized spacial score (nSPS) is 44.6. The molecular formula is C38H60N2O6. The molecule has 6 unspecified atom stereocenters. The van der Waals surface area contributed by atoms with E-state index < -0.39 is 11.6 Å². The molecule has 0 spiro atoms. The van der Waals surface area contributed by atoms with Crippen LogP contribution in [0, 0.1) is 57.2 Å². The van der Waals surface area contributed by atoms with Gasteiger partial charge in [-0.1, -0.05) is 48.5 Å². The zero-order valence-corrected chi connectivity index (χ0v) is 29.8.